The Balaban J connectivity index is 1.98. The standard InChI is InChI=1S/C15H12BrN3O2S/c16-12-5-3-11(4-6-12)14(20)21-13-7-1-10(2-8-13)9-18-19-15(17)22/h1-9H,(H3,17,19,22)/b18-9-. The number of ether oxygens (including phenoxy) is 1. The molecule has 0 aliphatic heterocycles. The van der Waals surface area contributed by atoms with Crippen LogP contribution in [-0.2, 0) is 0 Å². The number of rotatable bonds is 4. The molecule has 2 rings (SSSR count). The van der Waals surface area contributed by atoms with E-state index >= 15 is 0 Å². The quantitative estimate of drug-likeness (QED) is 0.281. The van der Waals surface area contributed by atoms with E-state index in [0.29, 0.717) is 11.3 Å². The fraction of sp³-hybridized carbons (Fsp3) is 0. The lowest BCUT2D eigenvalue weighted by Gasteiger charge is -2.04. The Hall–Kier alpha value is -2.25. The van der Waals surface area contributed by atoms with Crippen molar-refractivity contribution in [1.82, 2.24) is 5.43 Å². The van der Waals surface area contributed by atoms with Crippen molar-refractivity contribution in [3.05, 3.63) is 64.1 Å². The highest BCUT2D eigenvalue weighted by Gasteiger charge is 2.08. The van der Waals surface area contributed by atoms with Crippen LogP contribution in [0.25, 0.3) is 0 Å². The minimum absolute atomic E-state index is 0.0938. The van der Waals surface area contributed by atoms with Crippen LogP contribution in [0.3, 0.4) is 0 Å². The number of thiocarbonyl (C=S) groups is 1. The lowest BCUT2D eigenvalue weighted by Crippen LogP contribution is -2.23. The molecule has 0 aliphatic carbocycles. The van der Waals surface area contributed by atoms with Gasteiger partial charge in [0.05, 0.1) is 11.8 Å². The fourth-order valence-corrected chi connectivity index (χ4v) is 1.86. The summed E-state index contributed by atoms with van der Waals surface area (Å²) < 4.78 is 6.18. The lowest BCUT2D eigenvalue weighted by atomic mass is 10.2. The van der Waals surface area contributed by atoms with Crippen LogP contribution < -0.4 is 15.9 Å². The van der Waals surface area contributed by atoms with Gasteiger partial charge in [0.25, 0.3) is 0 Å². The third-order valence-electron chi connectivity index (χ3n) is 2.56. The number of nitrogens with zero attached hydrogens (tertiary/aromatic N) is 1. The Bertz CT molecular complexity index is 700. The fourth-order valence-electron chi connectivity index (χ4n) is 1.54. The van der Waals surface area contributed by atoms with E-state index in [2.05, 4.69) is 38.7 Å². The molecule has 2 aromatic rings. The molecular weight excluding hydrogens is 366 g/mol. The number of carbonyl (C=O) groups is 1. The second-order valence-electron chi connectivity index (χ2n) is 4.20. The molecule has 5 nitrogen and oxygen atoms in total. The van der Waals surface area contributed by atoms with Crippen LogP contribution in [0.5, 0.6) is 5.75 Å². The molecule has 0 amide bonds. The molecule has 0 atom stereocenters. The number of hydrogen-bond donors (Lipinski definition) is 2. The third kappa shape index (κ3) is 4.94. The van der Waals surface area contributed by atoms with Crippen molar-refractivity contribution in [3.63, 3.8) is 0 Å². The van der Waals surface area contributed by atoms with Crippen molar-refractivity contribution in [2.24, 2.45) is 10.8 Å². The molecule has 0 saturated carbocycles. The average Bonchev–Trinajstić information content (AvgIpc) is 2.49. The van der Waals surface area contributed by atoms with Gasteiger partial charge >= 0.3 is 5.97 Å². The first-order valence-electron chi connectivity index (χ1n) is 6.21. The molecule has 0 fully saturated rings. The normalized spacial score (nSPS) is 10.4. The van der Waals surface area contributed by atoms with E-state index in [-0.39, 0.29) is 5.11 Å². The van der Waals surface area contributed by atoms with Gasteiger partial charge in [-0.3, -0.25) is 5.43 Å². The summed E-state index contributed by atoms with van der Waals surface area (Å²) in [6, 6.07) is 13.8. The number of benzene rings is 2. The van der Waals surface area contributed by atoms with E-state index in [1.54, 1.807) is 54.7 Å². The molecule has 0 spiro atoms. The molecule has 112 valence electrons. The van der Waals surface area contributed by atoms with Crippen molar-refractivity contribution in [2.75, 3.05) is 0 Å². The summed E-state index contributed by atoms with van der Waals surface area (Å²) in [5.41, 5.74) is 9.00. The SMILES string of the molecule is NC(=S)N/N=C\c1ccc(OC(=O)c2ccc(Br)cc2)cc1. The van der Waals surface area contributed by atoms with Gasteiger partial charge < -0.3 is 10.5 Å². The zero-order chi connectivity index (χ0) is 15.9. The van der Waals surface area contributed by atoms with E-state index in [4.69, 9.17) is 10.5 Å². The van der Waals surface area contributed by atoms with Gasteiger partial charge in [0.2, 0.25) is 0 Å². The second-order valence-corrected chi connectivity index (χ2v) is 5.56. The second kappa shape index (κ2) is 7.67. The summed E-state index contributed by atoms with van der Waals surface area (Å²) in [6.45, 7) is 0. The van der Waals surface area contributed by atoms with Crippen molar-refractivity contribution in [2.45, 2.75) is 0 Å². The molecule has 0 radical (unpaired) electrons. The van der Waals surface area contributed by atoms with Gasteiger partial charge in [0.1, 0.15) is 5.75 Å². The maximum absolute atomic E-state index is 12.0. The monoisotopic (exact) mass is 377 g/mol. The highest BCUT2D eigenvalue weighted by molar-refractivity contribution is 9.10. The Kier molecular flexibility index (Phi) is 5.62. The lowest BCUT2D eigenvalue weighted by molar-refractivity contribution is 0.0735. The van der Waals surface area contributed by atoms with E-state index in [1.165, 1.54) is 0 Å². The minimum atomic E-state index is -0.413. The summed E-state index contributed by atoms with van der Waals surface area (Å²) in [5.74, 6) is 0.0384. The summed E-state index contributed by atoms with van der Waals surface area (Å²) in [6.07, 6.45) is 1.56. The van der Waals surface area contributed by atoms with Gasteiger partial charge in [-0.1, -0.05) is 15.9 Å². The van der Waals surface area contributed by atoms with E-state index in [0.717, 1.165) is 10.0 Å². The van der Waals surface area contributed by atoms with Gasteiger partial charge in [0, 0.05) is 4.47 Å². The first-order chi connectivity index (χ1) is 10.5. The van der Waals surface area contributed by atoms with E-state index < -0.39 is 5.97 Å². The third-order valence-corrected chi connectivity index (χ3v) is 3.18. The predicted molar refractivity (Wildman–Crippen MR) is 93.1 cm³/mol. The maximum Gasteiger partial charge on any atom is 0.343 e. The van der Waals surface area contributed by atoms with E-state index in [9.17, 15) is 4.79 Å². The molecule has 0 aromatic heterocycles. The highest BCUT2D eigenvalue weighted by Crippen LogP contribution is 2.15. The molecule has 0 heterocycles. The molecule has 7 heteroatoms. The Morgan fingerprint density at radius 2 is 1.82 bits per heavy atom. The van der Waals surface area contributed by atoms with Crippen molar-refractivity contribution in [3.8, 4) is 5.75 Å². The van der Waals surface area contributed by atoms with Gasteiger partial charge in [-0.25, -0.2) is 4.79 Å². The van der Waals surface area contributed by atoms with Crippen LogP contribution in [0.2, 0.25) is 0 Å². The summed E-state index contributed by atoms with van der Waals surface area (Å²) in [4.78, 5) is 12.0. The predicted octanol–water partition coefficient (Wildman–Crippen LogP) is 2.84. The summed E-state index contributed by atoms with van der Waals surface area (Å²) in [5, 5.41) is 3.93. The van der Waals surface area contributed by atoms with Crippen LogP contribution in [0.4, 0.5) is 0 Å². The Labute approximate surface area is 141 Å². The van der Waals surface area contributed by atoms with Gasteiger partial charge in [-0.05, 0) is 66.3 Å². The molecular formula is C15H12BrN3O2S. The first-order valence-corrected chi connectivity index (χ1v) is 7.41. The largest absolute Gasteiger partial charge is 0.423 e. The van der Waals surface area contributed by atoms with E-state index in [1.807, 2.05) is 0 Å². The van der Waals surface area contributed by atoms with Gasteiger partial charge in [-0.2, -0.15) is 5.10 Å². The smallest absolute Gasteiger partial charge is 0.343 e. The number of carbonyl (C=O) groups excluding carboxylic acids is 1. The molecule has 22 heavy (non-hydrogen) atoms. The molecule has 0 saturated heterocycles. The number of nitrogens with one attached hydrogen (secondary N) is 1. The van der Waals surface area contributed by atoms with Crippen molar-refractivity contribution >= 4 is 45.4 Å². The zero-order valence-electron chi connectivity index (χ0n) is 11.3. The maximum atomic E-state index is 12.0. The van der Waals surface area contributed by atoms with Gasteiger partial charge in [0.15, 0.2) is 5.11 Å². The molecule has 3 N–H and O–H groups in total. The molecule has 0 bridgehead atoms. The number of halogens is 1. The van der Waals surface area contributed by atoms with Crippen LogP contribution in [0.15, 0.2) is 58.1 Å². The van der Waals surface area contributed by atoms with Crippen LogP contribution in [0, 0.1) is 0 Å². The van der Waals surface area contributed by atoms with Crippen LogP contribution in [-0.4, -0.2) is 17.3 Å². The molecule has 0 unspecified atom stereocenters. The zero-order valence-corrected chi connectivity index (χ0v) is 13.7. The summed E-state index contributed by atoms with van der Waals surface area (Å²) in [7, 11) is 0. The van der Waals surface area contributed by atoms with Crippen molar-refractivity contribution in [1.29, 1.82) is 0 Å². The van der Waals surface area contributed by atoms with Crippen molar-refractivity contribution < 1.29 is 9.53 Å². The Morgan fingerprint density at radius 3 is 2.41 bits per heavy atom. The topological polar surface area (TPSA) is 76.7 Å². The van der Waals surface area contributed by atoms with Crippen LogP contribution >= 0.6 is 28.1 Å². The molecule has 0 aliphatic rings. The number of hydrogen-bond acceptors (Lipinski definition) is 4. The minimum Gasteiger partial charge on any atom is -0.423 e. The average molecular weight is 378 g/mol. The Morgan fingerprint density at radius 1 is 1.18 bits per heavy atom. The highest BCUT2D eigenvalue weighted by atomic mass is 79.9. The molecule has 2 aromatic carbocycles. The first kappa shape index (κ1) is 16.1. The summed E-state index contributed by atoms with van der Waals surface area (Å²) >= 11 is 7.94. The number of hydrazone groups is 1. The van der Waals surface area contributed by atoms with Crippen LogP contribution in [0.1, 0.15) is 15.9 Å². The number of esters is 1. The van der Waals surface area contributed by atoms with Gasteiger partial charge in [-0.15, -0.1) is 0 Å². The number of nitrogens with two attached hydrogens (primary N) is 1.